The number of likely N-dealkylation sites (tertiary alicyclic amines) is 1. The Morgan fingerprint density at radius 2 is 1.95 bits per heavy atom. The van der Waals surface area contributed by atoms with Gasteiger partial charge >= 0.3 is 5.97 Å². The van der Waals surface area contributed by atoms with Gasteiger partial charge in [0.1, 0.15) is 18.2 Å². The molecule has 7 rings (SSSR count). The average molecular weight is 620 g/mol. The maximum absolute atomic E-state index is 14.8. The van der Waals surface area contributed by atoms with Crippen molar-refractivity contribution in [3.63, 3.8) is 0 Å². The van der Waals surface area contributed by atoms with Crippen molar-refractivity contribution in [2.24, 2.45) is 0 Å². The molecule has 2 atom stereocenters. The number of methoxy groups -OCH3 is 1. The number of fused-ring (bicyclic) bond motifs is 2. The van der Waals surface area contributed by atoms with Crippen LogP contribution in [0.1, 0.15) is 59.4 Å². The molecule has 0 radical (unpaired) electrons. The highest BCUT2D eigenvalue weighted by Gasteiger charge is 2.39. The summed E-state index contributed by atoms with van der Waals surface area (Å²) in [5, 5.41) is 0.345. The number of carbonyl (C=O) groups is 1. The van der Waals surface area contributed by atoms with E-state index >= 15 is 0 Å². The fourth-order valence-electron chi connectivity index (χ4n) is 6.60. The molecule has 0 spiro atoms. The lowest BCUT2D eigenvalue weighted by Crippen LogP contribution is -2.40. The van der Waals surface area contributed by atoms with Gasteiger partial charge in [0.25, 0.3) is 0 Å². The molecular formula is C34H35ClFN3O5. The predicted octanol–water partition coefficient (Wildman–Crippen LogP) is 6.47. The van der Waals surface area contributed by atoms with Crippen LogP contribution in [0.5, 0.6) is 11.5 Å². The highest BCUT2D eigenvalue weighted by molar-refractivity contribution is 6.30. The summed E-state index contributed by atoms with van der Waals surface area (Å²) in [5.74, 6) is 1.90. The summed E-state index contributed by atoms with van der Waals surface area (Å²) in [5.41, 5.74) is 2.89. The normalized spacial score (nSPS) is 22.1. The van der Waals surface area contributed by atoms with Crippen LogP contribution >= 0.6 is 11.6 Å². The molecule has 0 bridgehead atoms. The predicted molar refractivity (Wildman–Crippen MR) is 164 cm³/mol. The lowest BCUT2D eigenvalue weighted by Gasteiger charge is -2.38. The van der Waals surface area contributed by atoms with E-state index in [1.807, 2.05) is 31.2 Å². The smallest absolute Gasteiger partial charge is 0.337 e. The maximum atomic E-state index is 14.8. The zero-order valence-corrected chi connectivity index (χ0v) is 25.6. The number of hydrogen-bond acceptors (Lipinski definition) is 7. The Morgan fingerprint density at radius 1 is 1.14 bits per heavy atom. The summed E-state index contributed by atoms with van der Waals surface area (Å²) in [4.78, 5) is 19.6. The topological polar surface area (TPSA) is 75.0 Å². The van der Waals surface area contributed by atoms with Crippen LogP contribution in [0.25, 0.3) is 11.0 Å². The van der Waals surface area contributed by atoms with E-state index < -0.39 is 11.4 Å². The fourth-order valence-corrected chi connectivity index (χ4v) is 6.76. The van der Waals surface area contributed by atoms with Crippen molar-refractivity contribution in [3.05, 3.63) is 88.0 Å². The monoisotopic (exact) mass is 619 g/mol. The Kier molecular flexibility index (Phi) is 7.72. The van der Waals surface area contributed by atoms with Crippen LogP contribution in [0.4, 0.5) is 4.39 Å². The highest BCUT2D eigenvalue weighted by atomic mass is 35.5. The number of piperidine rings is 1. The molecule has 3 aliphatic heterocycles. The molecule has 44 heavy (non-hydrogen) atoms. The lowest BCUT2D eigenvalue weighted by atomic mass is 9.87. The Morgan fingerprint density at radius 3 is 2.68 bits per heavy atom. The molecule has 3 aliphatic rings. The van der Waals surface area contributed by atoms with Crippen LogP contribution in [0, 0.1) is 5.82 Å². The Labute approximate surface area is 260 Å². The first-order chi connectivity index (χ1) is 21.3. The van der Waals surface area contributed by atoms with Crippen molar-refractivity contribution in [3.8, 4) is 11.5 Å². The second-order valence-corrected chi connectivity index (χ2v) is 12.5. The van der Waals surface area contributed by atoms with Crippen LogP contribution in [0.15, 0.2) is 54.6 Å². The third-order valence-corrected chi connectivity index (χ3v) is 9.39. The number of hydrogen-bond donors (Lipinski definition) is 0. The highest BCUT2D eigenvalue weighted by Crippen LogP contribution is 2.46. The number of halogens is 2. The summed E-state index contributed by atoms with van der Waals surface area (Å²) in [7, 11) is 1.39. The second kappa shape index (κ2) is 11.7. The lowest BCUT2D eigenvalue weighted by molar-refractivity contribution is -0.0592. The molecule has 3 aromatic carbocycles. The van der Waals surface area contributed by atoms with Gasteiger partial charge in [0.05, 0.1) is 42.9 Å². The number of aromatic nitrogens is 2. The number of imidazole rings is 1. The summed E-state index contributed by atoms with van der Waals surface area (Å²) >= 11 is 5.98. The third kappa shape index (κ3) is 5.42. The quantitative estimate of drug-likeness (QED) is 0.220. The van der Waals surface area contributed by atoms with Crippen LogP contribution in [0.2, 0.25) is 5.02 Å². The standard InChI is InChI=1S/C34H35ClFN3O5/c1-34(26-8-7-23(35)17-27(26)36)20-43-32-25(4-3-5-30(32)44-34)21-10-13-38(14-11-21)19-31-37-28-9-6-22(33(40)41-2)16-29(28)39(31)18-24-12-15-42-24/h3-9,16-17,21,24H,10-15,18-20H2,1-2H3. The van der Waals surface area contributed by atoms with Crippen LogP contribution in [-0.2, 0) is 28.2 Å². The van der Waals surface area contributed by atoms with Crippen LogP contribution < -0.4 is 9.47 Å². The molecule has 2 unspecified atom stereocenters. The van der Waals surface area contributed by atoms with Crippen molar-refractivity contribution in [1.29, 1.82) is 0 Å². The molecule has 1 aromatic heterocycles. The molecule has 0 amide bonds. The first-order valence-electron chi connectivity index (χ1n) is 15.1. The first-order valence-corrected chi connectivity index (χ1v) is 15.5. The van der Waals surface area contributed by atoms with Crippen molar-refractivity contribution in [2.75, 3.05) is 33.4 Å². The van der Waals surface area contributed by atoms with Gasteiger partial charge in [-0.05, 0) is 81.6 Å². The minimum Gasteiger partial charge on any atom is -0.485 e. The molecule has 4 heterocycles. The summed E-state index contributed by atoms with van der Waals surface area (Å²) in [6.45, 7) is 6.04. The molecular weight excluding hydrogens is 585 g/mol. The van der Waals surface area contributed by atoms with E-state index in [0.717, 1.165) is 67.1 Å². The number of rotatable bonds is 7. The SMILES string of the molecule is COC(=O)c1ccc2nc(CN3CCC(c4cccc5c4OCC(C)(c4ccc(Cl)cc4F)O5)CC3)n(CC3CCO3)c2c1. The molecule has 2 fully saturated rings. The number of benzene rings is 3. The van der Waals surface area contributed by atoms with E-state index in [0.29, 0.717) is 40.9 Å². The average Bonchev–Trinajstić information content (AvgIpc) is 3.34. The molecule has 10 heteroatoms. The molecule has 0 N–H and O–H groups in total. The van der Waals surface area contributed by atoms with Gasteiger partial charge in [0.2, 0.25) is 0 Å². The van der Waals surface area contributed by atoms with Crippen molar-refractivity contribution < 1.29 is 28.1 Å². The second-order valence-electron chi connectivity index (χ2n) is 12.1. The number of para-hydroxylation sites is 1. The molecule has 8 nitrogen and oxygen atoms in total. The zero-order chi connectivity index (χ0) is 30.4. The largest absolute Gasteiger partial charge is 0.485 e. The van der Waals surface area contributed by atoms with Gasteiger partial charge in [-0.25, -0.2) is 14.2 Å². The van der Waals surface area contributed by atoms with E-state index in [9.17, 15) is 9.18 Å². The number of nitrogens with zero attached hydrogens (tertiary/aromatic N) is 3. The van der Waals surface area contributed by atoms with E-state index in [1.165, 1.54) is 13.2 Å². The Bertz CT molecular complexity index is 1710. The van der Waals surface area contributed by atoms with E-state index in [1.54, 1.807) is 18.2 Å². The molecule has 2 saturated heterocycles. The van der Waals surface area contributed by atoms with Gasteiger partial charge in [0, 0.05) is 22.8 Å². The van der Waals surface area contributed by atoms with Crippen LogP contribution in [-0.4, -0.2) is 59.9 Å². The summed E-state index contributed by atoms with van der Waals surface area (Å²) in [6, 6.07) is 16.2. The Balaban J connectivity index is 1.07. The maximum Gasteiger partial charge on any atom is 0.337 e. The van der Waals surface area contributed by atoms with E-state index in [4.69, 9.17) is 35.5 Å². The van der Waals surface area contributed by atoms with Gasteiger partial charge in [-0.3, -0.25) is 4.90 Å². The number of carbonyl (C=O) groups excluding carboxylic acids is 1. The number of esters is 1. The van der Waals surface area contributed by atoms with Crippen molar-refractivity contribution >= 4 is 28.6 Å². The van der Waals surface area contributed by atoms with Crippen molar-refractivity contribution in [2.45, 2.75) is 56.9 Å². The minimum absolute atomic E-state index is 0.156. The molecule has 0 aliphatic carbocycles. The Hall–Kier alpha value is -3.66. The molecule has 4 aromatic rings. The summed E-state index contributed by atoms with van der Waals surface area (Å²) in [6.07, 6.45) is 3.09. The van der Waals surface area contributed by atoms with Crippen molar-refractivity contribution in [1.82, 2.24) is 14.5 Å². The fraction of sp³-hybridized carbons (Fsp3) is 0.412. The van der Waals surface area contributed by atoms with Gasteiger partial charge in [-0.15, -0.1) is 0 Å². The molecule has 0 saturated carbocycles. The van der Waals surface area contributed by atoms with Gasteiger partial charge in [-0.1, -0.05) is 29.8 Å². The van der Waals surface area contributed by atoms with Gasteiger partial charge < -0.3 is 23.5 Å². The molecule has 230 valence electrons. The van der Waals surface area contributed by atoms with E-state index in [2.05, 4.69) is 15.5 Å². The third-order valence-electron chi connectivity index (χ3n) is 9.16. The van der Waals surface area contributed by atoms with Gasteiger partial charge in [-0.2, -0.15) is 0 Å². The number of ether oxygens (including phenoxy) is 4. The summed E-state index contributed by atoms with van der Waals surface area (Å²) < 4.78 is 40.4. The first kappa shape index (κ1) is 29.1. The van der Waals surface area contributed by atoms with Crippen LogP contribution in [0.3, 0.4) is 0 Å². The van der Waals surface area contributed by atoms with Gasteiger partial charge in [0.15, 0.2) is 17.1 Å². The van der Waals surface area contributed by atoms with E-state index in [-0.39, 0.29) is 18.7 Å². The minimum atomic E-state index is -0.961. The zero-order valence-electron chi connectivity index (χ0n) is 24.9.